The number of hydrogen-bond acceptors (Lipinski definition) is 2. The van der Waals surface area contributed by atoms with Crippen LogP contribution in [0.4, 0.5) is 0 Å². The highest BCUT2D eigenvalue weighted by Gasteiger charge is 2.28. The van der Waals surface area contributed by atoms with Crippen molar-refractivity contribution in [3.8, 4) is 0 Å². The normalized spacial score (nSPS) is 20.6. The molecule has 0 aliphatic heterocycles. The zero-order valence-electron chi connectivity index (χ0n) is 13.8. The summed E-state index contributed by atoms with van der Waals surface area (Å²) in [5, 5.41) is 14.3. The highest BCUT2D eigenvalue weighted by molar-refractivity contribution is 6.30. The second-order valence-corrected chi connectivity index (χ2v) is 7.46. The first-order chi connectivity index (χ1) is 12.0. The number of aliphatic carboxylic acids is 1. The predicted octanol–water partition coefficient (Wildman–Crippen LogP) is 5.32. The van der Waals surface area contributed by atoms with Crippen LogP contribution in [0, 0.1) is 5.92 Å². The van der Waals surface area contributed by atoms with Crippen LogP contribution in [0.1, 0.15) is 42.9 Å². The Morgan fingerprint density at radius 3 is 1.72 bits per heavy atom. The van der Waals surface area contributed by atoms with E-state index in [2.05, 4.69) is 5.32 Å². The van der Waals surface area contributed by atoms with E-state index in [-0.39, 0.29) is 12.0 Å². The molecule has 0 radical (unpaired) electrons. The molecule has 5 heteroatoms. The fourth-order valence-corrected chi connectivity index (χ4v) is 3.69. The molecule has 25 heavy (non-hydrogen) atoms. The van der Waals surface area contributed by atoms with Crippen molar-refractivity contribution in [1.82, 2.24) is 5.32 Å². The molecule has 1 fully saturated rings. The average Bonchev–Trinajstić information content (AvgIpc) is 2.62. The van der Waals surface area contributed by atoms with Gasteiger partial charge in [-0.3, -0.25) is 4.79 Å². The molecule has 132 valence electrons. The van der Waals surface area contributed by atoms with Gasteiger partial charge in [0.1, 0.15) is 0 Å². The molecule has 0 heterocycles. The Hall–Kier alpha value is -1.55. The third-order valence-electron chi connectivity index (χ3n) is 4.89. The van der Waals surface area contributed by atoms with Crippen molar-refractivity contribution >= 4 is 29.2 Å². The molecule has 2 aromatic rings. The first kappa shape index (κ1) is 18.2. The van der Waals surface area contributed by atoms with Crippen molar-refractivity contribution in [2.24, 2.45) is 5.92 Å². The first-order valence-corrected chi connectivity index (χ1v) is 9.28. The minimum absolute atomic E-state index is 0.0286. The monoisotopic (exact) mass is 377 g/mol. The standard InChI is InChI=1S/C20H21Cl2NO2/c21-16-7-1-13(2-8-16)19(14-3-9-17(22)10-4-14)23-18-11-5-15(6-12-18)20(24)25/h1-4,7-10,15,18-19,23H,5-6,11-12H2,(H,24,25). The maximum absolute atomic E-state index is 11.1. The predicted molar refractivity (Wildman–Crippen MR) is 101 cm³/mol. The first-order valence-electron chi connectivity index (χ1n) is 8.52. The maximum atomic E-state index is 11.1. The Kier molecular flexibility index (Phi) is 6.00. The lowest BCUT2D eigenvalue weighted by molar-refractivity contribution is -0.142. The molecule has 0 atom stereocenters. The second-order valence-electron chi connectivity index (χ2n) is 6.59. The van der Waals surface area contributed by atoms with Gasteiger partial charge in [0.05, 0.1) is 12.0 Å². The Morgan fingerprint density at radius 1 is 0.880 bits per heavy atom. The van der Waals surface area contributed by atoms with E-state index in [4.69, 9.17) is 28.3 Å². The smallest absolute Gasteiger partial charge is 0.306 e. The average molecular weight is 378 g/mol. The lowest BCUT2D eigenvalue weighted by Gasteiger charge is -2.31. The summed E-state index contributed by atoms with van der Waals surface area (Å²) in [6, 6.07) is 16.0. The molecule has 0 unspecified atom stereocenters. The SMILES string of the molecule is O=C(O)C1CCC(NC(c2ccc(Cl)cc2)c2ccc(Cl)cc2)CC1. The molecule has 3 nitrogen and oxygen atoms in total. The molecular weight excluding hydrogens is 357 g/mol. The molecule has 2 N–H and O–H groups in total. The van der Waals surface area contributed by atoms with Gasteiger partial charge in [0, 0.05) is 16.1 Å². The van der Waals surface area contributed by atoms with E-state index in [1.807, 2.05) is 48.5 Å². The third kappa shape index (κ3) is 4.75. The van der Waals surface area contributed by atoms with E-state index in [1.165, 1.54) is 0 Å². The summed E-state index contributed by atoms with van der Waals surface area (Å²) in [5.74, 6) is -0.882. The fourth-order valence-electron chi connectivity index (χ4n) is 3.44. The van der Waals surface area contributed by atoms with Crippen molar-refractivity contribution in [1.29, 1.82) is 0 Å². The number of carboxylic acid groups (broad SMARTS) is 1. The quantitative estimate of drug-likeness (QED) is 0.741. The molecule has 3 rings (SSSR count). The second kappa shape index (κ2) is 8.22. The van der Waals surface area contributed by atoms with Crippen LogP contribution >= 0.6 is 23.2 Å². The minimum Gasteiger partial charge on any atom is -0.481 e. The molecular formula is C20H21Cl2NO2. The van der Waals surface area contributed by atoms with Crippen LogP contribution in [0.5, 0.6) is 0 Å². The third-order valence-corrected chi connectivity index (χ3v) is 5.39. The molecule has 0 saturated heterocycles. The number of halogens is 2. The van der Waals surface area contributed by atoms with Gasteiger partial charge >= 0.3 is 5.97 Å². The Balaban J connectivity index is 1.78. The Bertz CT molecular complexity index is 662. The van der Waals surface area contributed by atoms with Gasteiger partial charge in [-0.2, -0.15) is 0 Å². The summed E-state index contributed by atoms with van der Waals surface area (Å²) in [7, 11) is 0. The highest BCUT2D eigenvalue weighted by atomic mass is 35.5. The molecule has 0 bridgehead atoms. The van der Waals surface area contributed by atoms with Gasteiger partial charge in [-0.1, -0.05) is 47.5 Å². The van der Waals surface area contributed by atoms with E-state index in [0.717, 1.165) is 36.8 Å². The maximum Gasteiger partial charge on any atom is 0.306 e. The zero-order chi connectivity index (χ0) is 17.8. The molecule has 1 saturated carbocycles. The largest absolute Gasteiger partial charge is 0.481 e. The van der Waals surface area contributed by atoms with Crippen LogP contribution in [0.2, 0.25) is 10.0 Å². The van der Waals surface area contributed by atoms with Gasteiger partial charge in [-0.05, 0) is 61.1 Å². The van der Waals surface area contributed by atoms with Crippen molar-refractivity contribution < 1.29 is 9.90 Å². The minimum atomic E-state index is -0.676. The molecule has 2 aromatic carbocycles. The Morgan fingerprint density at radius 2 is 1.32 bits per heavy atom. The molecule has 0 amide bonds. The van der Waals surface area contributed by atoms with Gasteiger partial charge in [-0.15, -0.1) is 0 Å². The number of carboxylic acids is 1. The molecule has 0 spiro atoms. The highest BCUT2D eigenvalue weighted by Crippen LogP contribution is 2.30. The van der Waals surface area contributed by atoms with E-state index in [1.54, 1.807) is 0 Å². The topological polar surface area (TPSA) is 49.3 Å². The summed E-state index contributed by atoms with van der Waals surface area (Å²) in [6.07, 6.45) is 3.19. The summed E-state index contributed by atoms with van der Waals surface area (Å²) in [6.45, 7) is 0. The fraction of sp³-hybridized carbons (Fsp3) is 0.350. The van der Waals surface area contributed by atoms with Crippen LogP contribution in [-0.2, 0) is 4.79 Å². The number of hydrogen-bond donors (Lipinski definition) is 2. The van der Waals surface area contributed by atoms with Crippen LogP contribution < -0.4 is 5.32 Å². The number of rotatable bonds is 5. The molecule has 1 aliphatic rings. The van der Waals surface area contributed by atoms with Crippen molar-refractivity contribution in [3.63, 3.8) is 0 Å². The summed E-state index contributed by atoms with van der Waals surface area (Å²) >= 11 is 12.1. The lowest BCUT2D eigenvalue weighted by atomic mass is 9.85. The number of benzene rings is 2. The van der Waals surface area contributed by atoms with Crippen LogP contribution in [-0.4, -0.2) is 17.1 Å². The summed E-state index contributed by atoms with van der Waals surface area (Å²) in [4.78, 5) is 11.1. The number of carbonyl (C=O) groups is 1. The van der Waals surface area contributed by atoms with Gasteiger partial charge < -0.3 is 10.4 Å². The summed E-state index contributed by atoms with van der Waals surface area (Å²) < 4.78 is 0. The van der Waals surface area contributed by atoms with Crippen LogP contribution in [0.15, 0.2) is 48.5 Å². The van der Waals surface area contributed by atoms with Crippen molar-refractivity contribution in [2.45, 2.75) is 37.8 Å². The summed E-state index contributed by atoms with van der Waals surface area (Å²) in [5.41, 5.74) is 2.26. The van der Waals surface area contributed by atoms with E-state index in [9.17, 15) is 4.79 Å². The lowest BCUT2D eigenvalue weighted by Crippen LogP contribution is -2.37. The van der Waals surface area contributed by atoms with E-state index in [0.29, 0.717) is 16.1 Å². The molecule has 0 aromatic heterocycles. The number of nitrogens with one attached hydrogen (secondary N) is 1. The van der Waals surface area contributed by atoms with Gasteiger partial charge in [0.15, 0.2) is 0 Å². The van der Waals surface area contributed by atoms with Crippen LogP contribution in [0.3, 0.4) is 0 Å². The van der Waals surface area contributed by atoms with Gasteiger partial charge in [0.25, 0.3) is 0 Å². The van der Waals surface area contributed by atoms with E-state index >= 15 is 0 Å². The Labute approximate surface area is 158 Å². The van der Waals surface area contributed by atoms with E-state index < -0.39 is 5.97 Å². The van der Waals surface area contributed by atoms with Crippen LogP contribution in [0.25, 0.3) is 0 Å². The molecule has 1 aliphatic carbocycles. The zero-order valence-corrected chi connectivity index (χ0v) is 15.3. The van der Waals surface area contributed by atoms with Gasteiger partial charge in [-0.25, -0.2) is 0 Å². The van der Waals surface area contributed by atoms with Crippen molar-refractivity contribution in [3.05, 3.63) is 69.7 Å². The van der Waals surface area contributed by atoms with Gasteiger partial charge in [0.2, 0.25) is 0 Å². The van der Waals surface area contributed by atoms with Crippen molar-refractivity contribution in [2.75, 3.05) is 0 Å².